The van der Waals surface area contributed by atoms with Crippen LogP contribution >= 0.6 is 23.3 Å². The van der Waals surface area contributed by atoms with Gasteiger partial charge in [0, 0.05) is 0 Å². The van der Waals surface area contributed by atoms with E-state index >= 15 is 0 Å². The van der Waals surface area contributed by atoms with Crippen molar-refractivity contribution in [2.45, 2.75) is 19.6 Å². The molecule has 168 valence electrons. The van der Waals surface area contributed by atoms with E-state index in [0.29, 0.717) is 0 Å². The van der Waals surface area contributed by atoms with Crippen LogP contribution < -0.4 is 21.2 Å². The van der Waals surface area contributed by atoms with E-state index in [2.05, 4.69) is 141 Å². The molecule has 4 aromatic carbocycles. The molecule has 0 saturated carbocycles. The molecule has 4 rings (SSSR count). The molecule has 0 N–H and O–H groups in total. The highest BCUT2D eigenvalue weighted by molar-refractivity contribution is 8.06. The van der Waals surface area contributed by atoms with Gasteiger partial charge in [-0.15, -0.1) is 7.47 Å². The Bertz CT molecular complexity index is 933. The van der Waals surface area contributed by atoms with E-state index in [1.807, 2.05) is 0 Å². The lowest BCUT2D eigenvalue weighted by molar-refractivity contribution is 1.73. The smallest absolute Gasteiger partial charge is 0.0728 e. The highest BCUT2D eigenvalue weighted by Crippen LogP contribution is 2.61. The minimum absolute atomic E-state index is 0.0784. The van der Waals surface area contributed by atoms with Crippen LogP contribution in [0.3, 0.4) is 0 Å². The van der Waals surface area contributed by atoms with Crippen LogP contribution in [0.4, 0.5) is 0 Å². The van der Waals surface area contributed by atoms with Crippen molar-refractivity contribution in [1.82, 2.24) is 0 Å². The van der Waals surface area contributed by atoms with Crippen molar-refractivity contribution in [3.63, 3.8) is 0 Å². The molecule has 0 spiro atoms. The standard InChI is InChI=1S/C29H33P3Si/c1-33(2,3)30(24-31(26-16-8-4-9-17-26)27-18-10-5-11-19-27)25-32(28-20-12-6-13-21-28)29-22-14-7-15-23-29/h4-23H,24-25H2,1-3H3. The normalized spacial score (nSPS) is 11.9. The molecule has 0 atom stereocenters. The zero-order valence-electron chi connectivity index (χ0n) is 19.8. The molecule has 4 heteroatoms. The Morgan fingerprint density at radius 2 is 0.667 bits per heavy atom. The van der Waals surface area contributed by atoms with Crippen LogP contribution in [0.1, 0.15) is 0 Å². The van der Waals surface area contributed by atoms with Crippen LogP contribution in [0.15, 0.2) is 121 Å². The molecule has 0 aliphatic carbocycles. The summed E-state index contributed by atoms with van der Waals surface area (Å²) in [6.45, 7) is 7.81. The lowest BCUT2D eigenvalue weighted by Crippen LogP contribution is -2.26. The van der Waals surface area contributed by atoms with Crippen LogP contribution in [0.25, 0.3) is 0 Å². The predicted molar refractivity (Wildman–Crippen MR) is 158 cm³/mol. The topological polar surface area (TPSA) is 0 Å². The van der Waals surface area contributed by atoms with Gasteiger partial charge in [0.15, 0.2) is 0 Å². The molecule has 0 unspecified atom stereocenters. The molecule has 0 aliphatic heterocycles. The SMILES string of the molecule is C[Si](C)(C)P(CP(c1ccccc1)c1ccccc1)CP(c1ccccc1)c1ccccc1. The molecule has 0 aromatic heterocycles. The van der Waals surface area contributed by atoms with Crippen molar-refractivity contribution in [1.29, 1.82) is 0 Å². The third kappa shape index (κ3) is 6.71. The van der Waals surface area contributed by atoms with Crippen molar-refractivity contribution in [2.75, 3.05) is 11.8 Å². The van der Waals surface area contributed by atoms with Crippen LogP contribution in [-0.2, 0) is 0 Å². The molecule has 0 amide bonds. The molecule has 0 nitrogen and oxygen atoms in total. The van der Waals surface area contributed by atoms with Gasteiger partial charge >= 0.3 is 0 Å². The third-order valence-corrected chi connectivity index (χ3v) is 24.7. The summed E-state index contributed by atoms with van der Waals surface area (Å²) in [6.07, 6.45) is 0. The minimum Gasteiger partial charge on any atom is -0.109 e. The first-order chi connectivity index (χ1) is 16.0. The van der Waals surface area contributed by atoms with Crippen LogP contribution in [-0.4, -0.2) is 19.5 Å². The first kappa shape index (κ1) is 24.5. The maximum absolute atomic E-state index is 2.60. The second-order valence-corrected chi connectivity index (χ2v) is 26.6. The molecule has 0 bridgehead atoms. The van der Waals surface area contributed by atoms with E-state index in [4.69, 9.17) is 0 Å². The molecule has 0 aliphatic rings. The average molecular weight is 503 g/mol. The van der Waals surface area contributed by atoms with Gasteiger partial charge in [-0.3, -0.25) is 0 Å². The first-order valence-corrected chi connectivity index (χ1v) is 20.6. The fraction of sp³-hybridized carbons (Fsp3) is 0.172. The van der Waals surface area contributed by atoms with Crippen molar-refractivity contribution in [3.8, 4) is 0 Å². The maximum Gasteiger partial charge on any atom is 0.0728 e. The summed E-state index contributed by atoms with van der Waals surface area (Å²) in [5, 5.41) is 6.09. The van der Waals surface area contributed by atoms with Gasteiger partial charge in [0.1, 0.15) is 0 Å². The van der Waals surface area contributed by atoms with Crippen LogP contribution in [0.2, 0.25) is 19.6 Å². The summed E-state index contributed by atoms with van der Waals surface area (Å²) in [5.74, 6) is 2.68. The van der Waals surface area contributed by atoms with Crippen molar-refractivity contribution >= 4 is 52.3 Å². The Labute approximate surface area is 204 Å². The summed E-state index contributed by atoms with van der Waals surface area (Å²) in [4.78, 5) is 0. The van der Waals surface area contributed by atoms with Gasteiger partial charge in [-0.25, -0.2) is 0 Å². The van der Waals surface area contributed by atoms with Gasteiger partial charge < -0.3 is 0 Å². The number of rotatable bonds is 9. The monoisotopic (exact) mass is 502 g/mol. The van der Waals surface area contributed by atoms with E-state index in [1.165, 1.54) is 33.0 Å². The maximum atomic E-state index is 2.60. The second kappa shape index (κ2) is 11.7. The molecular weight excluding hydrogens is 469 g/mol. The Balaban J connectivity index is 1.71. The first-order valence-electron chi connectivity index (χ1n) is 11.5. The van der Waals surface area contributed by atoms with Gasteiger partial charge in [0.05, 0.1) is 7.74 Å². The molecule has 0 heterocycles. The predicted octanol–water partition coefficient (Wildman–Crippen LogP) is 7.48. The van der Waals surface area contributed by atoms with E-state index in [-0.39, 0.29) is 23.3 Å². The van der Waals surface area contributed by atoms with Crippen molar-refractivity contribution in [3.05, 3.63) is 121 Å². The molecule has 0 fully saturated rings. The molecule has 4 aromatic rings. The zero-order valence-corrected chi connectivity index (χ0v) is 23.5. The average Bonchev–Trinajstić information content (AvgIpc) is 2.85. The van der Waals surface area contributed by atoms with Crippen LogP contribution in [0.5, 0.6) is 0 Å². The fourth-order valence-electron chi connectivity index (χ4n) is 3.87. The van der Waals surface area contributed by atoms with Crippen molar-refractivity contribution in [2.24, 2.45) is 0 Å². The number of hydrogen-bond donors (Lipinski definition) is 0. The lowest BCUT2D eigenvalue weighted by Gasteiger charge is -2.36. The summed E-state index contributed by atoms with van der Waals surface area (Å²) in [5.41, 5.74) is 0. The molecule has 0 saturated heterocycles. The molecule has 33 heavy (non-hydrogen) atoms. The number of hydrogen-bond acceptors (Lipinski definition) is 0. The largest absolute Gasteiger partial charge is 0.109 e. The molecule has 0 radical (unpaired) electrons. The Morgan fingerprint density at radius 3 is 0.879 bits per heavy atom. The zero-order chi connectivity index (χ0) is 23.1. The van der Waals surface area contributed by atoms with E-state index in [0.717, 1.165) is 0 Å². The van der Waals surface area contributed by atoms with Gasteiger partial charge in [0.2, 0.25) is 0 Å². The van der Waals surface area contributed by atoms with Gasteiger partial charge in [0.25, 0.3) is 0 Å². The Morgan fingerprint density at radius 1 is 0.424 bits per heavy atom. The highest BCUT2D eigenvalue weighted by atomic mass is 31.4. The van der Waals surface area contributed by atoms with Gasteiger partial charge in [-0.2, -0.15) is 0 Å². The highest BCUT2D eigenvalue weighted by Gasteiger charge is 2.32. The molecular formula is C29H33P3Si. The summed E-state index contributed by atoms with van der Waals surface area (Å²) >= 11 is 0. The van der Waals surface area contributed by atoms with Crippen LogP contribution in [0, 0.1) is 0 Å². The van der Waals surface area contributed by atoms with E-state index in [9.17, 15) is 0 Å². The van der Waals surface area contributed by atoms with Gasteiger partial charge in [-0.1, -0.05) is 141 Å². The Kier molecular flexibility index (Phi) is 8.68. The fourth-order valence-corrected chi connectivity index (χ4v) is 26.7. The van der Waals surface area contributed by atoms with Gasteiger partial charge in [-0.05, 0) is 48.9 Å². The minimum atomic E-state index is -1.35. The van der Waals surface area contributed by atoms with E-state index in [1.54, 1.807) is 0 Å². The quantitative estimate of drug-likeness (QED) is 0.164. The summed E-state index contributed by atoms with van der Waals surface area (Å²) < 4.78 is 0. The summed E-state index contributed by atoms with van der Waals surface area (Å²) in [6, 6.07) is 45.1. The summed E-state index contributed by atoms with van der Waals surface area (Å²) in [7, 11) is -2.12. The Hall–Kier alpha value is -1.61. The second-order valence-electron chi connectivity index (χ2n) is 9.19. The van der Waals surface area contributed by atoms with Crippen molar-refractivity contribution < 1.29 is 0 Å². The lowest BCUT2D eigenvalue weighted by atomic mass is 10.4. The van der Waals surface area contributed by atoms with E-state index < -0.39 is 7.74 Å². The third-order valence-electron chi connectivity index (χ3n) is 5.84. The number of benzene rings is 4.